The lowest BCUT2D eigenvalue weighted by Gasteiger charge is -2.37. The largest absolute Gasteiger partial charge is 0.485 e. The second kappa shape index (κ2) is 7.89. The van der Waals surface area contributed by atoms with Crippen LogP contribution in [0.4, 0.5) is 10.2 Å². The maximum absolute atomic E-state index is 13.0. The molecular formula is C21H23ClFN3O2. The summed E-state index contributed by atoms with van der Waals surface area (Å²) in [6, 6.07) is 10.3. The van der Waals surface area contributed by atoms with Crippen LogP contribution in [0.3, 0.4) is 0 Å². The average Bonchev–Trinajstić information content (AvgIpc) is 2.63. The molecule has 2 N–H and O–H groups in total. The molecule has 5 nitrogen and oxygen atoms in total. The van der Waals surface area contributed by atoms with Crippen molar-refractivity contribution in [1.82, 2.24) is 9.97 Å². The highest BCUT2D eigenvalue weighted by molar-refractivity contribution is 5.85. The maximum Gasteiger partial charge on any atom is 0.145 e. The number of hydrogen-bond donors (Lipinski definition) is 2. The van der Waals surface area contributed by atoms with Gasteiger partial charge in [-0.3, -0.25) is 4.98 Å². The zero-order valence-corrected chi connectivity index (χ0v) is 16.6. The van der Waals surface area contributed by atoms with Crippen molar-refractivity contribution in [3.63, 3.8) is 0 Å². The number of anilines is 1. The molecule has 2 heterocycles. The molecule has 1 aromatic heterocycles. The van der Waals surface area contributed by atoms with Crippen LogP contribution in [0.1, 0.15) is 25.0 Å². The Hall–Kier alpha value is -2.44. The molecule has 7 heteroatoms. The Kier molecular flexibility index (Phi) is 5.72. The number of halogens is 2. The van der Waals surface area contributed by atoms with Gasteiger partial charge in [-0.05, 0) is 49.6 Å². The predicted molar refractivity (Wildman–Crippen MR) is 110 cm³/mol. The van der Waals surface area contributed by atoms with Crippen LogP contribution in [0.5, 0.6) is 5.75 Å². The minimum absolute atomic E-state index is 0. The number of hydrogen-bond acceptors (Lipinski definition) is 5. The smallest absolute Gasteiger partial charge is 0.145 e. The number of aromatic nitrogens is 2. The molecule has 1 aliphatic heterocycles. The van der Waals surface area contributed by atoms with E-state index in [0.717, 1.165) is 34.3 Å². The summed E-state index contributed by atoms with van der Waals surface area (Å²) in [5.74, 6) is 1.21. The van der Waals surface area contributed by atoms with Crippen molar-refractivity contribution < 1.29 is 14.2 Å². The third-order valence-electron chi connectivity index (χ3n) is 4.95. The summed E-state index contributed by atoms with van der Waals surface area (Å²) in [7, 11) is 0. The van der Waals surface area contributed by atoms with Crippen molar-refractivity contribution in [2.75, 3.05) is 11.9 Å². The Morgan fingerprint density at radius 3 is 2.71 bits per heavy atom. The van der Waals surface area contributed by atoms with Gasteiger partial charge in [0.05, 0.1) is 23.3 Å². The molecule has 1 atom stereocenters. The van der Waals surface area contributed by atoms with Crippen LogP contribution in [0.2, 0.25) is 0 Å². The van der Waals surface area contributed by atoms with E-state index in [-0.39, 0.29) is 18.2 Å². The summed E-state index contributed by atoms with van der Waals surface area (Å²) in [5.41, 5.74) is 2.89. The zero-order chi connectivity index (χ0) is 19.0. The Morgan fingerprint density at radius 1 is 1.21 bits per heavy atom. The van der Waals surface area contributed by atoms with Crippen molar-refractivity contribution >= 4 is 29.3 Å². The lowest BCUT2D eigenvalue weighted by atomic mass is 9.91. The fraction of sp³-hybridized carbons (Fsp3) is 0.333. The number of fused-ring (bicyclic) bond motifs is 2. The van der Waals surface area contributed by atoms with Crippen molar-refractivity contribution in [3.05, 3.63) is 59.5 Å². The fourth-order valence-corrected chi connectivity index (χ4v) is 3.21. The number of benzene rings is 2. The second-order valence-electron chi connectivity index (χ2n) is 7.43. The van der Waals surface area contributed by atoms with E-state index in [9.17, 15) is 9.50 Å². The van der Waals surface area contributed by atoms with Gasteiger partial charge in [0.1, 0.15) is 23.0 Å². The molecule has 0 amide bonds. The van der Waals surface area contributed by atoms with E-state index in [4.69, 9.17) is 4.74 Å². The van der Waals surface area contributed by atoms with Gasteiger partial charge in [-0.15, -0.1) is 12.4 Å². The van der Waals surface area contributed by atoms with Crippen LogP contribution in [-0.4, -0.2) is 33.3 Å². The van der Waals surface area contributed by atoms with Crippen molar-refractivity contribution in [1.29, 1.82) is 0 Å². The van der Waals surface area contributed by atoms with Gasteiger partial charge in [0, 0.05) is 19.0 Å². The molecule has 0 bridgehead atoms. The van der Waals surface area contributed by atoms with Crippen LogP contribution in [-0.2, 0) is 12.8 Å². The summed E-state index contributed by atoms with van der Waals surface area (Å²) in [4.78, 5) is 9.10. The normalized spacial score (nSPS) is 17.4. The van der Waals surface area contributed by atoms with Crippen molar-refractivity contribution in [2.24, 2.45) is 0 Å². The first kappa shape index (κ1) is 20.3. The van der Waals surface area contributed by atoms with Gasteiger partial charge < -0.3 is 15.2 Å². The van der Waals surface area contributed by atoms with E-state index >= 15 is 0 Å². The lowest BCUT2D eigenvalue weighted by molar-refractivity contribution is -0.0410. The topological polar surface area (TPSA) is 67.3 Å². The van der Waals surface area contributed by atoms with E-state index in [1.54, 1.807) is 18.3 Å². The first-order valence-corrected chi connectivity index (χ1v) is 9.06. The fourth-order valence-electron chi connectivity index (χ4n) is 3.21. The van der Waals surface area contributed by atoms with E-state index in [1.165, 1.54) is 12.1 Å². The number of nitrogens with zero attached hydrogens (tertiary/aromatic N) is 2. The number of aliphatic hydroxyl groups is 1. The first-order valence-electron chi connectivity index (χ1n) is 9.06. The Labute approximate surface area is 169 Å². The van der Waals surface area contributed by atoms with Gasteiger partial charge in [0.15, 0.2) is 0 Å². The second-order valence-corrected chi connectivity index (χ2v) is 7.43. The summed E-state index contributed by atoms with van der Waals surface area (Å²) < 4.78 is 18.9. The molecule has 2 aromatic carbocycles. The van der Waals surface area contributed by atoms with Crippen LogP contribution < -0.4 is 10.1 Å². The molecule has 3 aromatic rings. The number of aliphatic hydroxyl groups excluding tert-OH is 1. The summed E-state index contributed by atoms with van der Waals surface area (Å²) in [6.07, 6.45) is 2.43. The maximum atomic E-state index is 13.0. The van der Waals surface area contributed by atoms with Gasteiger partial charge in [0.2, 0.25) is 0 Å². The highest BCUT2D eigenvalue weighted by Crippen LogP contribution is 2.35. The molecule has 148 valence electrons. The minimum atomic E-state index is -0.615. The molecule has 0 fully saturated rings. The number of ether oxygens (including phenoxy) is 1. The predicted octanol–water partition coefficient (Wildman–Crippen LogP) is 3.92. The van der Waals surface area contributed by atoms with Crippen LogP contribution in [0, 0.1) is 5.82 Å². The zero-order valence-electron chi connectivity index (χ0n) is 15.8. The highest BCUT2D eigenvalue weighted by Gasteiger charge is 2.35. The molecule has 0 spiro atoms. The molecule has 28 heavy (non-hydrogen) atoms. The van der Waals surface area contributed by atoms with E-state index in [1.807, 2.05) is 26.0 Å². The van der Waals surface area contributed by atoms with Crippen molar-refractivity contribution in [3.8, 4) is 5.75 Å². The van der Waals surface area contributed by atoms with E-state index < -0.39 is 11.7 Å². The summed E-state index contributed by atoms with van der Waals surface area (Å²) in [6.45, 7) is 4.43. The van der Waals surface area contributed by atoms with E-state index in [0.29, 0.717) is 18.8 Å². The summed E-state index contributed by atoms with van der Waals surface area (Å²) >= 11 is 0. The van der Waals surface area contributed by atoms with Crippen molar-refractivity contribution in [2.45, 2.75) is 38.4 Å². The van der Waals surface area contributed by atoms with E-state index in [2.05, 4.69) is 15.3 Å². The molecule has 4 rings (SSSR count). The Bertz CT molecular complexity index is 979. The Morgan fingerprint density at radius 2 is 1.96 bits per heavy atom. The summed E-state index contributed by atoms with van der Waals surface area (Å²) in [5, 5.41) is 13.5. The van der Waals surface area contributed by atoms with Crippen LogP contribution in [0.25, 0.3) is 11.0 Å². The first-order chi connectivity index (χ1) is 12.9. The molecule has 0 saturated carbocycles. The third-order valence-corrected chi connectivity index (χ3v) is 4.95. The molecule has 0 saturated heterocycles. The van der Waals surface area contributed by atoms with Gasteiger partial charge in [0.25, 0.3) is 0 Å². The number of rotatable bonds is 4. The quantitative estimate of drug-likeness (QED) is 0.691. The average molecular weight is 404 g/mol. The molecule has 0 radical (unpaired) electrons. The van der Waals surface area contributed by atoms with Gasteiger partial charge in [-0.25, -0.2) is 9.37 Å². The minimum Gasteiger partial charge on any atom is -0.485 e. The standard InChI is InChI=1S/C21H22FN3O2.ClH/c1-21(2)19(26)10-14-9-17-16(11-18(14)27-21)24-12-20(25-17)23-8-7-13-3-5-15(22)6-4-13;/h3-6,9,11-12,19,26H,7-8,10H2,1-2H3,(H,23,25);1H/t19-;/m1./s1. The molecule has 0 unspecified atom stereocenters. The molecular weight excluding hydrogens is 381 g/mol. The van der Waals surface area contributed by atoms with Crippen LogP contribution >= 0.6 is 12.4 Å². The van der Waals surface area contributed by atoms with Gasteiger partial charge >= 0.3 is 0 Å². The highest BCUT2D eigenvalue weighted by atomic mass is 35.5. The van der Waals surface area contributed by atoms with Crippen LogP contribution in [0.15, 0.2) is 42.6 Å². The third kappa shape index (κ3) is 4.18. The molecule has 0 aliphatic carbocycles. The lowest BCUT2D eigenvalue weighted by Crippen LogP contribution is -2.46. The SMILES string of the molecule is CC1(C)Oc2cc3ncc(NCCc4ccc(F)cc4)nc3cc2C[C@H]1O.Cl. The van der Waals surface area contributed by atoms with Gasteiger partial charge in [-0.2, -0.15) is 0 Å². The monoisotopic (exact) mass is 403 g/mol. The number of nitrogens with one attached hydrogen (secondary N) is 1. The van der Waals surface area contributed by atoms with Gasteiger partial charge in [-0.1, -0.05) is 12.1 Å². The molecule has 1 aliphatic rings. The Balaban J connectivity index is 0.00000225.